The molecule has 0 radical (unpaired) electrons. The van der Waals surface area contributed by atoms with Gasteiger partial charge in [-0.2, -0.15) is 17.6 Å². The van der Waals surface area contributed by atoms with Gasteiger partial charge >= 0.3 is 12.5 Å². The molecule has 0 fully saturated rings. The minimum absolute atomic E-state index is 0.279. The molecule has 1 nitrogen and oxygen atoms in total. The summed E-state index contributed by atoms with van der Waals surface area (Å²) in [5, 5.41) is 0. The molecule has 0 aliphatic rings. The normalized spacial score (nSPS) is 11.6. The Balaban J connectivity index is 2.38. The maximum atomic E-state index is 13.0. The van der Waals surface area contributed by atoms with Crippen LogP contribution in [0.25, 0.3) is 11.1 Å². The molecule has 0 aliphatic carbocycles. The summed E-state index contributed by atoms with van der Waals surface area (Å²) in [7, 11) is 0. The molecule has 0 amide bonds. The number of hydrogen-bond acceptors (Lipinski definition) is 1. The summed E-state index contributed by atoms with van der Waals surface area (Å²) >= 11 is 0. The highest BCUT2D eigenvalue weighted by Gasteiger charge is 2.44. The first-order chi connectivity index (χ1) is 9.00. The van der Waals surface area contributed by atoms with Crippen LogP contribution in [0, 0.1) is 0 Å². The predicted molar refractivity (Wildman–Crippen MR) is 63.5 cm³/mol. The average molecular weight is 270 g/mol. The van der Waals surface area contributed by atoms with Crippen molar-refractivity contribution in [1.82, 2.24) is 0 Å². The first-order valence-electron chi connectivity index (χ1n) is 5.50. The van der Waals surface area contributed by atoms with Gasteiger partial charge in [0.25, 0.3) is 0 Å². The van der Waals surface area contributed by atoms with Crippen molar-refractivity contribution in [3.05, 3.63) is 54.6 Å². The lowest BCUT2D eigenvalue weighted by Gasteiger charge is -2.19. The molecule has 2 aromatic rings. The smallest absolute Gasteiger partial charge is 0.428 e. The van der Waals surface area contributed by atoms with Crippen molar-refractivity contribution >= 4 is 0 Å². The van der Waals surface area contributed by atoms with Crippen LogP contribution < -0.4 is 4.74 Å². The topological polar surface area (TPSA) is 9.23 Å². The second-order valence-electron chi connectivity index (χ2n) is 3.83. The molecule has 2 aromatic carbocycles. The molecule has 0 N–H and O–H groups in total. The van der Waals surface area contributed by atoms with E-state index in [1.54, 1.807) is 36.4 Å². The van der Waals surface area contributed by atoms with E-state index in [0.717, 1.165) is 0 Å². The second-order valence-corrected chi connectivity index (χ2v) is 3.83. The monoisotopic (exact) mass is 270 g/mol. The minimum Gasteiger partial charge on any atom is -0.428 e. The Kier molecular flexibility index (Phi) is 3.74. The standard InChI is InChI=1S/C14H10F4O/c15-13(16)14(17,18)19-12-9-5-4-8-11(12)10-6-2-1-3-7-10/h1-9,13H. The zero-order valence-electron chi connectivity index (χ0n) is 9.69. The Hall–Kier alpha value is -2.04. The fourth-order valence-electron chi connectivity index (χ4n) is 1.60. The fourth-order valence-corrected chi connectivity index (χ4v) is 1.60. The van der Waals surface area contributed by atoms with E-state index in [0.29, 0.717) is 11.1 Å². The Morgan fingerprint density at radius 3 is 2.05 bits per heavy atom. The number of alkyl halides is 4. The third kappa shape index (κ3) is 3.05. The zero-order valence-corrected chi connectivity index (χ0v) is 9.69. The van der Waals surface area contributed by atoms with E-state index in [-0.39, 0.29) is 5.75 Å². The van der Waals surface area contributed by atoms with Gasteiger partial charge in [-0.1, -0.05) is 48.5 Å². The lowest BCUT2D eigenvalue weighted by atomic mass is 10.1. The summed E-state index contributed by atoms with van der Waals surface area (Å²) in [5.74, 6) is -0.279. The van der Waals surface area contributed by atoms with Crippen molar-refractivity contribution < 1.29 is 22.3 Å². The molecule has 2 rings (SSSR count). The predicted octanol–water partition coefficient (Wildman–Crippen LogP) is 4.59. The number of hydrogen-bond donors (Lipinski definition) is 0. The first kappa shape index (κ1) is 13.4. The summed E-state index contributed by atoms with van der Waals surface area (Å²) < 4.78 is 54.4. The van der Waals surface area contributed by atoms with Gasteiger partial charge in [0.05, 0.1) is 0 Å². The van der Waals surface area contributed by atoms with Crippen molar-refractivity contribution in [3.63, 3.8) is 0 Å². The molecule has 0 spiro atoms. The van der Waals surface area contributed by atoms with E-state index >= 15 is 0 Å². The quantitative estimate of drug-likeness (QED) is 0.738. The Morgan fingerprint density at radius 1 is 0.842 bits per heavy atom. The molecule has 0 saturated heterocycles. The summed E-state index contributed by atoms with van der Waals surface area (Å²) in [6.45, 7) is 0. The molecular weight excluding hydrogens is 260 g/mol. The number of rotatable bonds is 4. The van der Waals surface area contributed by atoms with Crippen molar-refractivity contribution in [2.75, 3.05) is 0 Å². The van der Waals surface area contributed by atoms with E-state index in [1.807, 2.05) is 0 Å². The van der Waals surface area contributed by atoms with Gasteiger partial charge < -0.3 is 4.74 Å². The van der Waals surface area contributed by atoms with Gasteiger partial charge in [0.1, 0.15) is 5.75 Å². The van der Waals surface area contributed by atoms with Gasteiger partial charge in [-0.25, -0.2) is 0 Å². The second kappa shape index (κ2) is 5.30. The number of para-hydroxylation sites is 1. The molecule has 19 heavy (non-hydrogen) atoms. The van der Waals surface area contributed by atoms with E-state index in [4.69, 9.17) is 0 Å². The van der Waals surface area contributed by atoms with Crippen molar-refractivity contribution in [2.45, 2.75) is 12.5 Å². The summed E-state index contributed by atoms with van der Waals surface area (Å²) in [5.41, 5.74) is 0.951. The summed E-state index contributed by atoms with van der Waals surface area (Å²) in [6, 6.07) is 14.4. The lowest BCUT2D eigenvalue weighted by Crippen LogP contribution is -2.33. The number of benzene rings is 2. The SMILES string of the molecule is FC(F)C(F)(F)Oc1ccccc1-c1ccccc1. The zero-order chi connectivity index (χ0) is 13.9. The molecule has 5 heteroatoms. The Labute approximate surface area is 107 Å². The van der Waals surface area contributed by atoms with Crippen molar-refractivity contribution in [1.29, 1.82) is 0 Å². The highest BCUT2D eigenvalue weighted by Crippen LogP contribution is 2.34. The van der Waals surface area contributed by atoms with Crippen LogP contribution in [-0.4, -0.2) is 12.5 Å². The van der Waals surface area contributed by atoms with Gasteiger partial charge in [0, 0.05) is 5.56 Å². The fraction of sp³-hybridized carbons (Fsp3) is 0.143. The average Bonchev–Trinajstić information content (AvgIpc) is 2.40. The summed E-state index contributed by atoms with van der Waals surface area (Å²) in [4.78, 5) is 0. The van der Waals surface area contributed by atoms with Gasteiger partial charge in [-0.05, 0) is 11.6 Å². The van der Waals surface area contributed by atoms with Crippen LogP contribution >= 0.6 is 0 Å². The van der Waals surface area contributed by atoms with Crippen LogP contribution in [-0.2, 0) is 0 Å². The van der Waals surface area contributed by atoms with Crippen molar-refractivity contribution in [2.24, 2.45) is 0 Å². The van der Waals surface area contributed by atoms with Gasteiger partial charge in [-0.15, -0.1) is 0 Å². The maximum absolute atomic E-state index is 13.0. The van der Waals surface area contributed by atoms with Crippen LogP contribution in [0.15, 0.2) is 54.6 Å². The van der Waals surface area contributed by atoms with E-state index in [2.05, 4.69) is 4.74 Å². The summed E-state index contributed by atoms with van der Waals surface area (Å²) in [6.07, 6.45) is -8.39. The molecular formula is C14H10F4O. The molecule has 100 valence electrons. The highest BCUT2D eigenvalue weighted by molar-refractivity contribution is 5.70. The largest absolute Gasteiger partial charge is 0.461 e. The Bertz CT molecular complexity index is 540. The third-order valence-corrected chi connectivity index (χ3v) is 2.47. The molecule has 0 bridgehead atoms. The van der Waals surface area contributed by atoms with Crippen LogP contribution in [0.3, 0.4) is 0 Å². The molecule has 0 atom stereocenters. The Morgan fingerprint density at radius 2 is 1.42 bits per heavy atom. The minimum atomic E-state index is -4.51. The number of ether oxygens (including phenoxy) is 1. The third-order valence-electron chi connectivity index (χ3n) is 2.47. The molecule has 0 saturated carbocycles. The maximum Gasteiger partial charge on any atom is 0.461 e. The van der Waals surface area contributed by atoms with Crippen LogP contribution in [0.2, 0.25) is 0 Å². The van der Waals surface area contributed by atoms with Gasteiger partial charge in [0.2, 0.25) is 0 Å². The van der Waals surface area contributed by atoms with E-state index in [9.17, 15) is 17.6 Å². The van der Waals surface area contributed by atoms with Crippen LogP contribution in [0.5, 0.6) is 5.75 Å². The highest BCUT2D eigenvalue weighted by atomic mass is 19.3. The molecule has 0 unspecified atom stereocenters. The molecule has 0 aromatic heterocycles. The van der Waals surface area contributed by atoms with Crippen molar-refractivity contribution in [3.8, 4) is 16.9 Å². The van der Waals surface area contributed by atoms with E-state index < -0.39 is 12.5 Å². The first-order valence-corrected chi connectivity index (χ1v) is 5.50. The van der Waals surface area contributed by atoms with Gasteiger partial charge in [0.15, 0.2) is 0 Å². The molecule has 0 aliphatic heterocycles. The van der Waals surface area contributed by atoms with Gasteiger partial charge in [-0.3, -0.25) is 0 Å². The van der Waals surface area contributed by atoms with E-state index in [1.165, 1.54) is 18.2 Å². The number of halogens is 4. The lowest BCUT2D eigenvalue weighted by molar-refractivity contribution is -0.253. The van der Waals surface area contributed by atoms with Crippen LogP contribution in [0.1, 0.15) is 0 Å². The molecule has 0 heterocycles. The van der Waals surface area contributed by atoms with Crippen LogP contribution in [0.4, 0.5) is 17.6 Å².